The maximum absolute atomic E-state index is 11.6. The van der Waals surface area contributed by atoms with E-state index in [1.807, 2.05) is 27.7 Å². The van der Waals surface area contributed by atoms with Gasteiger partial charge in [-0.2, -0.15) is 5.10 Å². The normalized spacial score (nSPS) is 21.1. The molecule has 0 aliphatic carbocycles. The highest BCUT2D eigenvalue weighted by atomic mass is 16.7. The molecule has 0 unspecified atom stereocenters. The lowest BCUT2D eigenvalue weighted by Crippen LogP contribution is -2.41. The van der Waals surface area contributed by atoms with E-state index in [9.17, 15) is 4.79 Å². The van der Waals surface area contributed by atoms with E-state index in [0.717, 1.165) is 0 Å². The van der Waals surface area contributed by atoms with Crippen molar-refractivity contribution in [2.75, 3.05) is 7.11 Å². The molecule has 0 spiro atoms. The summed E-state index contributed by atoms with van der Waals surface area (Å²) in [5, 5.41) is 6.45. The number of methoxy groups -OCH3 is 1. The van der Waals surface area contributed by atoms with Crippen LogP contribution < -0.4 is 5.46 Å². The van der Waals surface area contributed by atoms with Crippen molar-refractivity contribution in [3.63, 3.8) is 0 Å². The van der Waals surface area contributed by atoms with Crippen LogP contribution in [0.4, 0.5) is 0 Å². The van der Waals surface area contributed by atoms with E-state index in [2.05, 4.69) is 14.9 Å². The molecule has 0 atom stereocenters. The summed E-state index contributed by atoms with van der Waals surface area (Å²) in [5.74, 6) is -0.489. The summed E-state index contributed by atoms with van der Waals surface area (Å²) >= 11 is 0. The summed E-state index contributed by atoms with van der Waals surface area (Å²) in [4.78, 5) is 11.6. The summed E-state index contributed by atoms with van der Waals surface area (Å²) < 4.78 is 16.4. The van der Waals surface area contributed by atoms with Crippen molar-refractivity contribution >= 4 is 18.6 Å². The van der Waals surface area contributed by atoms with Gasteiger partial charge in [0.1, 0.15) is 5.69 Å². The standard InChI is InChI=1S/C11H17BN2O4/c1-10(2)11(3,4)18-12(17-10)7-6-13-14-8(7)9(15)16-5/h6H,1-5H3,(H,13,14). The van der Waals surface area contributed by atoms with Gasteiger partial charge < -0.3 is 14.0 Å². The number of aromatic amines is 1. The number of hydrogen-bond donors (Lipinski definition) is 1. The Morgan fingerprint density at radius 3 is 2.39 bits per heavy atom. The minimum Gasteiger partial charge on any atom is -0.464 e. The molecule has 6 nitrogen and oxygen atoms in total. The largest absolute Gasteiger partial charge is 0.498 e. The first-order chi connectivity index (χ1) is 8.28. The molecule has 18 heavy (non-hydrogen) atoms. The van der Waals surface area contributed by atoms with E-state index in [1.54, 1.807) is 0 Å². The molecule has 1 aliphatic heterocycles. The van der Waals surface area contributed by atoms with Gasteiger partial charge >= 0.3 is 13.1 Å². The van der Waals surface area contributed by atoms with Crippen LogP contribution in [0.2, 0.25) is 0 Å². The van der Waals surface area contributed by atoms with E-state index in [4.69, 9.17) is 9.31 Å². The van der Waals surface area contributed by atoms with Crippen molar-refractivity contribution in [2.45, 2.75) is 38.9 Å². The molecular formula is C11H17BN2O4. The van der Waals surface area contributed by atoms with Crippen molar-refractivity contribution in [2.24, 2.45) is 0 Å². The third-order valence-electron chi connectivity index (χ3n) is 3.57. The molecule has 0 saturated carbocycles. The Morgan fingerprint density at radius 1 is 1.33 bits per heavy atom. The third-order valence-corrected chi connectivity index (χ3v) is 3.57. The van der Waals surface area contributed by atoms with Crippen molar-refractivity contribution < 1.29 is 18.8 Å². The first-order valence-electron chi connectivity index (χ1n) is 5.76. The van der Waals surface area contributed by atoms with Gasteiger partial charge in [0.15, 0.2) is 0 Å². The lowest BCUT2D eigenvalue weighted by molar-refractivity contribution is 0.00578. The van der Waals surface area contributed by atoms with Gasteiger partial charge in [-0.1, -0.05) is 0 Å². The van der Waals surface area contributed by atoms with Gasteiger partial charge in [-0.05, 0) is 27.7 Å². The van der Waals surface area contributed by atoms with Gasteiger partial charge in [0.25, 0.3) is 0 Å². The molecule has 0 aromatic carbocycles. The highest BCUT2D eigenvalue weighted by Gasteiger charge is 2.53. The number of hydrogen-bond acceptors (Lipinski definition) is 5. The van der Waals surface area contributed by atoms with E-state index in [0.29, 0.717) is 5.46 Å². The third kappa shape index (κ3) is 1.93. The topological polar surface area (TPSA) is 73.4 Å². The Labute approximate surface area is 106 Å². The fourth-order valence-corrected chi connectivity index (χ4v) is 1.71. The van der Waals surface area contributed by atoms with Gasteiger partial charge in [-0.3, -0.25) is 5.10 Å². The molecule has 7 heteroatoms. The zero-order valence-corrected chi connectivity index (χ0v) is 11.2. The van der Waals surface area contributed by atoms with Crippen LogP contribution in [0.1, 0.15) is 38.2 Å². The Hall–Kier alpha value is -1.34. The smallest absolute Gasteiger partial charge is 0.464 e. The SMILES string of the molecule is COC(=O)c1[nH]ncc1B1OC(C)(C)C(C)(C)O1. The lowest BCUT2D eigenvalue weighted by Gasteiger charge is -2.32. The number of ether oxygens (including phenoxy) is 1. The van der Waals surface area contributed by atoms with E-state index in [-0.39, 0.29) is 5.69 Å². The van der Waals surface area contributed by atoms with Crippen molar-refractivity contribution in [3.8, 4) is 0 Å². The molecule has 0 bridgehead atoms. The lowest BCUT2D eigenvalue weighted by atomic mass is 9.79. The summed E-state index contributed by atoms with van der Waals surface area (Å²) in [6.45, 7) is 7.80. The van der Waals surface area contributed by atoms with Crippen molar-refractivity contribution in [1.82, 2.24) is 10.2 Å². The minimum atomic E-state index is -0.622. The molecule has 0 amide bonds. The maximum atomic E-state index is 11.6. The second-order valence-electron chi connectivity index (χ2n) is 5.28. The predicted molar refractivity (Wildman–Crippen MR) is 65.6 cm³/mol. The zero-order valence-electron chi connectivity index (χ0n) is 11.2. The Balaban J connectivity index is 2.30. The summed E-state index contributed by atoms with van der Waals surface area (Å²) in [5.41, 5.74) is -0.0958. The Kier molecular flexibility index (Phi) is 2.99. The number of nitrogens with zero attached hydrogens (tertiary/aromatic N) is 1. The first-order valence-corrected chi connectivity index (χ1v) is 5.76. The highest BCUT2D eigenvalue weighted by Crippen LogP contribution is 2.36. The second kappa shape index (κ2) is 4.10. The average molecular weight is 252 g/mol. The predicted octanol–water partition coefficient (Wildman–Crippen LogP) is 0.495. The molecule has 2 heterocycles. The number of aromatic nitrogens is 2. The van der Waals surface area contributed by atoms with E-state index in [1.165, 1.54) is 13.3 Å². The molecule has 1 aromatic heterocycles. The van der Waals surface area contributed by atoms with E-state index < -0.39 is 24.3 Å². The molecule has 0 radical (unpaired) electrons. The average Bonchev–Trinajstić information content (AvgIpc) is 2.81. The van der Waals surface area contributed by atoms with Gasteiger partial charge in [0, 0.05) is 11.7 Å². The number of carbonyl (C=O) groups is 1. The number of rotatable bonds is 2. The summed E-state index contributed by atoms with van der Waals surface area (Å²) in [6.07, 6.45) is 1.52. The summed E-state index contributed by atoms with van der Waals surface area (Å²) in [7, 11) is 0.694. The Morgan fingerprint density at radius 2 is 1.89 bits per heavy atom. The van der Waals surface area contributed by atoms with Crippen LogP contribution in [-0.2, 0) is 14.0 Å². The highest BCUT2D eigenvalue weighted by molar-refractivity contribution is 6.63. The number of esters is 1. The molecule has 1 saturated heterocycles. The van der Waals surface area contributed by atoms with Crippen LogP contribution in [0.15, 0.2) is 6.20 Å². The number of carbonyl (C=O) groups excluding carboxylic acids is 1. The second-order valence-corrected chi connectivity index (χ2v) is 5.28. The van der Waals surface area contributed by atoms with Crippen LogP contribution in [-0.4, -0.2) is 41.6 Å². The molecular weight excluding hydrogens is 235 g/mol. The molecule has 98 valence electrons. The zero-order chi connectivity index (χ0) is 13.6. The van der Waals surface area contributed by atoms with Crippen LogP contribution in [0.25, 0.3) is 0 Å². The first kappa shape index (κ1) is 13.1. The van der Waals surface area contributed by atoms with Crippen molar-refractivity contribution in [3.05, 3.63) is 11.9 Å². The Bertz CT molecular complexity index is 453. The van der Waals surface area contributed by atoms with Crippen molar-refractivity contribution in [1.29, 1.82) is 0 Å². The van der Waals surface area contributed by atoms with Crippen LogP contribution in [0.5, 0.6) is 0 Å². The van der Waals surface area contributed by atoms with Gasteiger partial charge in [0.2, 0.25) is 0 Å². The van der Waals surface area contributed by atoms with Gasteiger partial charge in [0.05, 0.1) is 18.3 Å². The molecule has 1 aliphatic rings. The maximum Gasteiger partial charge on any atom is 0.498 e. The minimum absolute atomic E-state index is 0.260. The van der Waals surface area contributed by atoms with Crippen LogP contribution in [0, 0.1) is 0 Å². The summed E-state index contributed by atoms with van der Waals surface area (Å²) in [6, 6.07) is 0. The van der Waals surface area contributed by atoms with Crippen LogP contribution in [0.3, 0.4) is 0 Å². The fourth-order valence-electron chi connectivity index (χ4n) is 1.71. The molecule has 1 N–H and O–H groups in total. The molecule has 1 aromatic rings. The number of nitrogens with one attached hydrogen (secondary N) is 1. The van der Waals surface area contributed by atoms with Crippen LogP contribution >= 0.6 is 0 Å². The molecule has 2 rings (SSSR count). The quantitative estimate of drug-likeness (QED) is 0.612. The van der Waals surface area contributed by atoms with E-state index >= 15 is 0 Å². The fraction of sp³-hybridized carbons (Fsp3) is 0.636. The number of H-pyrrole nitrogens is 1. The van der Waals surface area contributed by atoms with Gasteiger partial charge in [-0.25, -0.2) is 4.79 Å². The molecule has 1 fully saturated rings. The van der Waals surface area contributed by atoms with Gasteiger partial charge in [-0.15, -0.1) is 0 Å². The monoisotopic (exact) mass is 252 g/mol.